The van der Waals surface area contributed by atoms with E-state index in [2.05, 4.69) is 55.5 Å². The van der Waals surface area contributed by atoms with Crippen molar-refractivity contribution in [3.05, 3.63) is 56.8 Å². The molecule has 29 heavy (non-hydrogen) atoms. The van der Waals surface area contributed by atoms with Gasteiger partial charge in [0.2, 0.25) is 0 Å². The molecule has 4 atom stereocenters. The first kappa shape index (κ1) is 18.4. The number of benzene rings is 1. The molecule has 146 valence electrons. The van der Waals surface area contributed by atoms with Crippen LogP contribution in [0.4, 0.5) is 5.82 Å². The van der Waals surface area contributed by atoms with E-state index in [-0.39, 0.29) is 5.92 Å². The van der Waals surface area contributed by atoms with Crippen LogP contribution in [0.3, 0.4) is 0 Å². The Labute approximate surface area is 178 Å². The molecule has 1 aromatic heterocycles. The van der Waals surface area contributed by atoms with E-state index >= 15 is 0 Å². The van der Waals surface area contributed by atoms with Gasteiger partial charge in [0.25, 0.3) is 0 Å². The van der Waals surface area contributed by atoms with Gasteiger partial charge in [0.15, 0.2) is 0 Å². The Balaban J connectivity index is 1.68. The van der Waals surface area contributed by atoms with Crippen molar-refractivity contribution in [1.29, 1.82) is 10.5 Å². The number of nitrogens with zero attached hydrogens (tertiary/aromatic N) is 4. The normalized spacial score (nSPS) is 28.4. The highest BCUT2D eigenvalue weighted by Crippen LogP contribution is 2.49. The molecule has 1 aromatic carbocycles. The van der Waals surface area contributed by atoms with E-state index in [1.54, 1.807) is 12.3 Å². The van der Waals surface area contributed by atoms with E-state index in [0.29, 0.717) is 23.4 Å². The van der Waals surface area contributed by atoms with Crippen molar-refractivity contribution in [2.24, 2.45) is 11.8 Å². The molecule has 0 radical (unpaired) electrons. The average Bonchev–Trinajstić information content (AvgIpc) is 3.21. The third kappa shape index (κ3) is 2.80. The molecule has 3 aliphatic heterocycles. The van der Waals surface area contributed by atoms with E-state index in [1.807, 2.05) is 12.1 Å². The van der Waals surface area contributed by atoms with E-state index in [0.717, 1.165) is 45.7 Å². The summed E-state index contributed by atoms with van der Waals surface area (Å²) in [5.41, 5.74) is 4.19. The molecule has 2 aromatic rings. The maximum Gasteiger partial charge on any atom is 0.129 e. The predicted octanol–water partition coefficient (Wildman–Crippen LogP) is 4.11. The highest BCUT2D eigenvalue weighted by molar-refractivity contribution is 9.10. The van der Waals surface area contributed by atoms with E-state index in [1.165, 1.54) is 12.8 Å². The zero-order valence-electron chi connectivity index (χ0n) is 16.1. The molecular weight excluding hydrogens is 428 g/mol. The lowest BCUT2D eigenvalue weighted by molar-refractivity contribution is 0.0350. The van der Waals surface area contributed by atoms with Crippen LogP contribution in [0.25, 0.3) is 0 Å². The lowest BCUT2D eigenvalue weighted by Crippen LogP contribution is -2.52. The predicted molar refractivity (Wildman–Crippen MR) is 113 cm³/mol. The van der Waals surface area contributed by atoms with Gasteiger partial charge >= 0.3 is 0 Å². The Morgan fingerprint density at radius 3 is 2.79 bits per heavy atom. The van der Waals surface area contributed by atoms with Gasteiger partial charge < -0.3 is 10.2 Å². The van der Waals surface area contributed by atoms with Gasteiger partial charge in [0.05, 0.1) is 29.3 Å². The van der Waals surface area contributed by atoms with Crippen molar-refractivity contribution >= 4 is 21.7 Å². The maximum atomic E-state index is 10.3. The lowest BCUT2D eigenvalue weighted by atomic mass is 9.69. The number of halogens is 1. The summed E-state index contributed by atoms with van der Waals surface area (Å²) in [4.78, 5) is 2.45. The van der Waals surface area contributed by atoms with Crippen LogP contribution >= 0.6 is 15.9 Å². The lowest BCUT2D eigenvalue weighted by Gasteiger charge is -2.50. The van der Waals surface area contributed by atoms with Gasteiger partial charge in [-0.05, 0) is 59.8 Å². The number of nitrogens with one attached hydrogen (secondary N) is 2. The highest BCUT2D eigenvalue weighted by Gasteiger charge is 2.44. The number of rotatable bonds is 2. The van der Waals surface area contributed by atoms with Gasteiger partial charge in [0, 0.05) is 34.2 Å². The van der Waals surface area contributed by atoms with Crippen LogP contribution in [0.1, 0.15) is 41.9 Å². The minimum absolute atomic E-state index is 0.251. The number of aromatic nitrogens is 2. The summed E-state index contributed by atoms with van der Waals surface area (Å²) in [5.74, 6) is 1.58. The van der Waals surface area contributed by atoms with Crippen molar-refractivity contribution < 1.29 is 0 Å². The fourth-order valence-electron chi connectivity index (χ4n) is 5.51. The minimum atomic E-state index is -0.251. The molecular formula is C22H21BrN6. The van der Waals surface area contributed by atoms with Crippen molar-refractivity contribution in [2.45, 2.75) is 31.2 Å². The summed E-state index contributed by atoms with van der Waals surface area (Å²) in [7, 11) is 2.20. The van der Waals surface area contributed by atoms with Crippen LogP contribution in [0.5, 0.6) is 0 Å². The number of nitriles is 2. The topological polar surface area (TPSA) is 91.5 Å². The minimum Gasteiger partial charge on any atom is -0.343 e. The summed E-state index contributed by atoms with van der Waals surface area (Å²) < 4.78 is 0.746. The average molecular weight is 449 g/mol. The van der Waals surface area contributed by atoms with E-state index in [9.17, 15) is 10.5 Å². The summed E-state index contributed by atoms with van der Waals surface area (Å²) in [6.45, 7) is 1.14. The largest absolute Gasteiger partial charge is 0.343 e. The Hall–Kier alpha value is -2.61. The van der Waals surface area contributed by atoms with Crippen LogP contribution < -0.4 is 5.32 Å². The van der Waals surface area contributed by atoms with Gasteiger partial charge in [-0.1, -0.05) is 12.1 Å². The number of fused-ring (bicyclic) bond motifs is 4. The summed E-state index contributed by atoms with van der Waals surface area (Å²) in [6.07, 6.45) is 5.34. The molecule has 2 bridgehead atoms. The number of aromatic amines is 1. The molecule has 1 aliphatic carbocycles. The Kier molecular flexibility index (Phi) is 4.46. The van der Waals surface area contributed by atoms with Crippen LogP contribution in [0.2, 0.25) is 0 Å². The van der Waals surface area contributed by atoms with Crippen LogP contribution in [0, 0.1) is 34.5 Å². The molecule has 1 saturated carbocycles. The molecule has 4 heterocycles. The second kappa shape index (κ2) is 7.02. The fraction of sp³-hybridized carbons (Fsp3) is 0.409. The maximum absolute atomic E-state index is 10.3. The quantitative estimate of drug-likeness (QED) is 0.720. The Morgan fingerprint density at radius 2 is 2.07 bits per heavy atom. The number of piperidine rings is 2. The highest BCUT2D eigenvalue weighted by atomic mass is 79.9. The first-order valence-electron chi connectivity index (χ1n) is 9.95. The summed E-state index contributed by atoms with van der Waals surface area (Å²) in [6, 6.07) is 10.9. The number of allylic oxidation sites excluding steroid dienone is 1. The number of H-pyrrole nitrogens is 1. The van der Waals surface area contributed by atoms with Crippen molar-refractivity contribution in [1.82, 2.24) is 15.1 Å². The zero-order chi connectivity index (χ0) is 20.1. The van der Waals surface area contributed by atoms with Gasteiger partial charge in [-0.25, -0.2) is 0 Å². The third-order valence-corrected chi connectivity index (χ3v) is 7.69. The van der Waals surface area contributed by atoms with E-state index < -0.39 is 0 Å². The fourth-order valence-corrected chi connectivity index (χ4v) is 6.10. The van der Waals surface area contributed by atoms with Gasteiger partial charge in [-0.2, -0.15) is 15.6 Å². The summed E-state index contributed by atoms with van der Waals surface area (Å²) in [5, 5.41) is 30.6. The zero-order valence-corrected chi connectivity index (χ0v) is 17.7. The molecule has 2 N–H and O–H groups in total. The van der Waals surface area contributed by atoms with E-state index in [4.69, 9.17) is 0 Å². The molecule has 2 saturated heterocycles. The van der Waals surface area contributed by atoms with Crippen LogP contribution in [-0.2, 0) is 0 Å². The Bertz CT molecular complexity index is 1090. The summed E-state index contributed by atoms with van der Waals surface area (Å²) >= 11 is 3.62. The molecule has 6 rings (SSSR count). The second-order valence-corrected chi connectivity index (χ2v) is 9.10. The standard InChI is InChI=1S/C22H21BrN6/c1-29-11-12-5-6-18(29)15(7-12)21-16(9-25)19(17-10-26-28-22(17)27-21)14-4-2-3-13(8-24)20(14)23/h2-4,10,12,15,18-19H,5-7,11H2,1H3,(H2,26,27,28)/t12-,15-,18+,19?/m1/s1. The Morgan fingerprint density at radius 1 is 1.21 bits per heavy atom. The van der Waals surface area contributed by atoms with Crippen LogP contribution in [0.15, 0.2) is 40.1 Å². The van der Waals surface area contributed by atoms with Gasteiger partial charge in [-0.15, -0.1) is 0 Å². The molecule has 3 fully saturated rings. The first-order chi connectivity index (χ1) is 14.1. The molecule has 7 heteroatoms. The van der Waals surface area contributed by atoms with Crippen molar-refractivity contribution in [2.75, 3.05) is 18.9 Å². The molecule has 0 spiro atoms. The molecule has 1 unspecified atom stereocenters. The number of hydrogen-bond acceptors (Lipinski definition) is 5. The molecule has 0 amide bonds. The molecule has 6 nitrogen and oxygen atoms in total. The van der Waals surface area contributed by atoms with Crippen LogP contribution in [-0.4, -0.2) is 34.7 Å². The smallest absolute Gasteiger partial charge is 0.129 e. The second-order valence-electron chi connectivity index (χ2n) is 8.31. The third-order valence-electron chi connectivity index (χ3n) is 6.80. The number of anilines is 1. The van der Waals surface area contributed by atoms with Gasteiger partial charge in [-0.3, -0.25) is 5.10 Å². The SMILES string of the molecule is CN1C[C@@H]2CC[C@H]1[C@H](C1=C(C#N)C(c3cccc(C#N)c3Br)c3cn[nH]c3N1)C2. The first-order valence-corrected chi connectivity index (χ1v) is 10.7. The monoisotopic (exact) mass is 448 g/mol. The van der Waals surface area contributed by atoms with Gasteiger partial charge in [0.1, 0.15) is 11.9 Å². The van der Waals surface area contributed by atoms with Crippen molar-refractivity contribution in [3.8, 4) is 12.1 Å². The number of hydrogen-bond donors (Lipinski definition) is 2. The molecule has 4 aliphatic rings. The van der Waals surface area contributed by atoms with Crippen molar-refractivity contribution in [3.63, 3.8) is 0 Å².